The standard InChI is InChI=1S/C12H12O5/c1-5-6(2)9-7(4-8(5)17-3)10(13)12(15,16)11(9)14/h4,15-16H,1-3H3. The van der Waals surface area contributed by atoms with E-state index in [1.807, 2.05) is 0 Å². The van der Waals surface area contributed by atoms with E-state index in [0.717, 1.165) is 0 Å². The van der Waals surface area contributed by atoms with Gasteiger partial charge in [0.1, 0.15) is 5.75 Å². The summed E-state index contributed by atoms with van der Waals surface area (Å²) in [7, 11) is 1.44. The van der Waals surface area contributed by atoms with Gasteiger partial charge in [-0.25, -0.2) is 0 Å². The lowest BCUT2D eigenvalue weighted by molar-refractivity contribution is -0.0857. The van der Waals surface area contributed by atoms with E-state index < -0.39 is 17.4 Å². The van der Waals surface area contributed by atoms with E-state index in [9.17, 15) is 19.8 Å². The first-order valence-corrected chi connectivity index (χ1v) is 5.05. The second kappa shape index (κ2) is 3.38. The van der Waals surface area contributed by atoms with Crippen LogP contribution in [-0.2, 0) is 0 Å². The van der Waals surface area contributed by atoms with Gasteiger partial charge in [0.2, 0.25) is 11.6 Å². The minimum atomic E-state index is -2.94. The Morgan fingerprint density at radius 2 is 1.71 bits per heavy atom. The minimum absolute atomic E-state index is 0.0000463. The van der Waals surface area contributed by atoms with Gasteiger partial charge in [0, 0.05) is 11.1 Å². The van der Waals surface area contributed by atoms with E-state index in [4.69, 9.17) is 4.74 Å². The summed E-state index contributed by atoms with van der Waals surface area (Å²) in [6, 6.07) is 1.37. The molecular formula is C12H12O5. The maximum atomic E-state index is 11.7. The highest BCUT2D eigenvalue weighted by Gasteiger charge is 2.52. The molecule has 0 saturated heterocycles. The van der Waals surface area contributed by atoms with Crippen molar-refractivity contribution in [3.8, 4) is 5.75 Å². The highest BCUT2D eigenvalue weighted by Crippen LogP contribution is 2.36. The maximum absolute atomic E-state index is 11.7. The number of methoxy groups -OCH3 is 1. The van der Waals surface area contributed by atoms with Gasteiger partial charge in [0.15, 0.2) is 0 Å². The Bertz CT molecular complexity index is 542. The minimum Gasteiger partial charge on any atom is -0.496 e. The summed E-state index contributed by atoms with van der Waals surface area (Å²) in [4.78, 5) is 23.4. The highest BCUT2D eigenvalue weighted by molar-refractivity contribution is 6.31. The lowest BCUT2D eigenvalue weighted by atomic mass is 9.98. The third-order valence-corrected chi connectivity index (χ3v) is 3.18. The Morgan fingerprint density at radius 3 is 2.24 bits per heavy atom. The number of rotatable bonds is 1. The third kappa shape index (κ3) is 1.33. The molecule has 0 unspecified atom stereocenters. The molecule has 5 heteroatoms. The van der Waals surface area contributed by atoms with Crippen LogP contribution >= 0.6 is 0 Å². The second-order valence-corrected chi connectivity index (χ2v) is 4.08. The van der Waals surface area contributed by atoms with Crippen LogP contribution in [-0.4, -0.2) is 34.7 Å². The highest BCUT2D eigenvalue weighted by atomic mass is 16.5. The molecular weight excluding hydrogens is 224 g/mol. The van der Waals surface area contributed by atoms with Crippen molar-refractivity contribution in [2.75, 3.05) is 7.11 Å². The normalized spacial score (nSPS) is 17.2. The van der Waals surface area contributed by atoms with E-state index in [2.05, 4.69) is 0 Å². The number of aliphatic hydroxyl groups is 2. The van der Waals surface area contributed by atoms with Gasteiger partial charge < -0.3 is 14.9 Å². The summed E-state index contributed by atoms with van der Waals surface area (Å²) in [6.07, 6.45) is 0. The van der Waals surface area contributed by atoms with Crippen molar-refractivity contribution in [3.05, 3.63) is 28.3 Å². The van der Waals surface area contributed by atoms with Gasteiger partial charge in [0.05, 0.1) is 7.11 Å². The average molecular weight is 236 g/mol. The first-order valence-electron chi connectivity index (χ1n) is 5.05. The molecule has 0 bridgehead atoms. The van der Waals surface area contributed by atoms with Gasteiger partial charge in [-0.05, 0) is 31.0 Å². The molecule has 0 spiro atoms. The molecule has 0 radical (unpaired) electrons. The zero-order valence-electron chi connectivity index (χ0n) is 9.70. The van der Waals surface area contributed by atoms with Crippen molar-refractivity contribution < 1.29 is 24.5 Å². The number of fused-ring (bicyclic) bond motifs is 1. The maximum Gasteiger partial charge on any atom is 0.295 e. The lowest BCUT2D eigenvalue weighted by Gasteiger charge is -2.10. The zero-order chi connectivity index (χ0) is 13.0. The Labute approximate surface area is 97.6 Å². The van der Waals surface area contributed by atoms with Crippen LogP contribution in [0.5, 0.6) is 5.75 Å². The number of hydrogen-bond donors (Lipinski definition) is 2. The number of benzene rings is 1. The smallest absolute Gasteiger partial charge is 0.295 e. The monoisotopic (exact) mass is 236 g/mol. The van der Waals surface area contributed by atoms with Crippen molar-refractivity contribution in [3.63, 3.8) is 0 Å². The Morgan fingerprint density at radius 1 is 1.12 bits per heavy atom. The Hall–Kier alpha value is -1.72. The van der Waals surface area contributed by atoms with E-state index in [1.165, 1.54) is 13.2 Å². The number of hydrogen-bond acceptors (Lipinski definition) is 5. The fourth-order valence-corrected chi connectivity index (χ4v) is 2.03. The number of carbonyl (C=O) groups is 2. The molecule has 17 heavy (non-hydrogen) atoms. The van der Waals surface area contributed by atoms with Crippen LogP contribution in [0.3, 0.4) is 0 Å². The first-order chi connectivity index (χ1) is 7.82. The first kappa shape index (κ1) is 11.8. The summed E-state index contributed by atoms with van der Waals surface area (Å²) in [5.41, 5.74) is 1.30. The van der Waals surface area contributed by atoms with E-state index in [1.54, 1.807) is 13.8 Å². The van der Waals surface area contributed by atoms with Crippen LogP contribution in [0.1, 0.15) is 31.8 Å². The molecule has 2 N–H and O–H groups in total. The quantitative estimate of drug-likeness (QED) is 0.543. The van der Waals surface area contributed by atoms with E-state index in [-0.39, 0.29) is 11.1 Å². The molecule has 0 aliphatic heterocycles. The Balaban J connectivity index is 2.81. The molecule has 2 rings (SSSR count). The predicted molar refractivity (Wildman–Crippen MR) is 58.3 cm³/mol. The van der Waals surface area contributed by atoms with Gasteiger partial charge >= 0.3 is 0 Å². The van der Waals surface area contributed by atoms with Crippen LogP contribution in [0.15, 0.2) is 6.07 Å². The van der Waals surface area contributed by atoms with Crippen molar-refractivity contribution >= 4 is 11.6 Å². The van der Waals surface area contributed by atoms with Gasteiger partial charge in [-0.15, -0.1) is 0 Å². The largest absolute Gasteiger partial charge is 0.496 e. The summed E-state index contributed by atoms with van der Waals surface area (Å²) in [5, 5.41) is 18.9. The Kier molecular flexibility index (Phi) is 2.34. The third-order valence-electron chi connectivity index (χ3n) is 3.18. The fourth-order valence-electron chi connectivity index (χ4n) is 2.03. The summed E-state index contributed by atoms with van der Waals surface area (Å²) in [6.45, 7) is 3.38. The number of ketones is 2. The molecule has 5 nitrogen and oxygen atoms in total. The molecule has 1 aliphatic carbocycles. The molecule has 0 heterocycles. The molecule has 1 aromatic carbocycles. The average Bonchev–Trinajstić information content (AvgIpc) is 2.45. The van der Waals surface area contributed by atoms with E-state index in [0.29, 0.717) is 16.9 Å². The van der Waals surface area contributed by atoms with Crippen LogP contribution < -0.4 is 4.74 Å². The molecule has 1 aliphatic rings. The van der Waals surface area contributed by atoms with Gasteiger partial charge in [-0.3, -0.25) is 9.59 Å². The van der Waals surface area contributed by atoms with E-state index >= 15 is 0 Å². The predicted octanol–water partition coefficient (Wildman–Crippen LogP) is 0.372. The van der Waals surface area contributed by atoms with Gasteiger partial charge in [0.25, 0.3) is 5.79 Å². The number of ether oxygens (including phenoxy) is 1. The fraction of sp³-hybridized carbons (Fsp3) is 0.333. The second-order valence-electron chi connectivity index (χ2n) is 4.08. The van der Waals surface area contributed by atoms with Gasteiger partial charge in [-0.1, -0.05) is 0 Å². The molecule has 90 valence electrons. The van der Waals surface area contributed by atoms with Gasteiger partial charge in [-0.2, -0.15) is 0 Å². The molecule has 0 aromatic heterocycles. The molecule has 1 aromatic rings. The number of Topliss-reactive ketones (excluding diaryl/α,β-unsaturated/α-hetero) is 2. The lowest BCUT2D eigenvalue weighted by Crippen LogP contribution is -2.40. The van der Waals surface area contributed by atoms with Crippen molar-refractivity contribution in [2.45, 2.75) is 19.6 Å². The molecule has 0 amide bonds. The SMILES string of the molecule is COc1cc2c(c(C)c1C)C(=O)C(O)(O)C2=O. The van der Waals surface area contributed by atoms with Crippen LogP contribution in [0.4, 0.5) is 0 Å². The molecule has 0 atom stereocenters. The summed E-state index contributed by atoms with van der Waals surface area (Å²) < 4.78 is 5.08. The van der Waals surface area contributed by atoms with Crippen molar-refractivity contribution in [1.82, 2.24) is 0 Å². The number of carbonyl (C=O) groups excluding carboxylic acids is 2. The van der Waals surface area contributed by atoms with Crippen LogP contribution in [0.2, 0.25) is 0 Å². The van der Waals surface area contributed by atoms with Crippen LogP contribution in [0.25, 0.3) is 0 Å². The topological polar surface area (TPSA) is 83.8 Å². The van der Waals surface area contributed by atoms with Crippen molar-refractivity contribution in [2.24, 2.45) is 0 Å². The summed E-state index contributed by atoms with van der Waals surface area (Å²) in [5.74, 6) is -4.47. The molecule has 0 saturated carbocycles. The zero-order valence-corrected chi connectivity index (χ0v) is 9.70. The van der Waals surface area contributed by atoms with Crippen LogP contribution in [0, 0.1) is 13.8 Å². The summed E-state index contributed by atoms with van der Waals surface area (Å²) >= 11 is 0. The van der Waals surface area contributed by atoms with Crippen molar-refractivity contribution in [1.29, 1.82) is 0 Å². The molecule has 0 fully saturated rings.